The molecule has 22 heavy (non-hydrogen) atoms. The van der Waals surface area contributed by atoms with Gasteiger partial charge in [-0.05, 0) is 0 Å². The van der Waals surface area contributed by atoms with Gasteiger partial charge >= 0.3 is 0 Å². The second kappa shape index (κ2) is 5.19. The monoisotopic (exact) mass is 312 g/mol. The first-order chi connectivity index (χ1) is 10.5. The van der Waals surface area contributed by atoms with Crippen LogP contribution in [0.1, 0.15) is 31.4 Å². The van der Waals surface area contributed by atoms with E-state index < -0.39 is 5.91 Å². The summed E-state index contributed by atoms with van der Waals surface area (Å²) in [6.45, 7) is 0. The molecule has 2 heterocycles. The van der Waals surface area contributed by atoms with Crippen LogP contribution in [0.2, 0.25) is 0 Å². The molecule has 6 nitrogen and oxygen atoms in total. The Labute approximate surface area is 129 Å². The Morgan fingerprint density at radius 2 is 2.00 bits per heavy atom. The van der Waals surface area contributed by atoms with Gasteiger partial charge in [0.25, 0.3) is 5.91 Å². The van der Waals surface area contributed by atoms with Crippen LogP contribution in [-0.2, 0) is 7.05 Å². The van der Waals surface area contributed by atoms with Crippen LogP contribution in [0.3, 0.4) is 0 Å². The van der Waals surface area contributed by atoms with Crippen molar-refractivity contribution in [3.05, 3.63) is 52.2 Å². The first-order valence-corrected chi connectivity index (χ1v) is 7.25. The van der Waals surface area contributed by atoms with Crippen molar-refractivity contribution in [1.82, 2.24) is 9.55 Å². The summed E-state index contributed by atoms with van der Waals surface area (Å²) in [5.74, 6) is -0.805. The fraction of sp³-hybridized carbons (Fsp3) is 0.0667. The van der Waals surface area contributed by atoms with Gasteiger partial charge in [-0.1, -0.05) is 30.3 Å². The van der Waals surface area contributed by atoms with Crippen molar-refractivity contribution >= 4 is 39.6 Å². The number of hydrogen-bond acceptors (Lipinski definition) is 5. The fourth-order valence-corrected chi connectivity index (χ4v) is 3.43. The molecular formula is C15H12N4O2S. The summed E-state index contributed by atoms with van der Waals surface area (Å²) in [5.41, 5.74) is 7.00. The van der Waals surface area contributed by atoms with Crippen LogP contribution in [0, 0.1) is 5.41 Å². The van der Waals surface area contributed by atoms with E-state index in [-0.39, 0.29) is 11.5 Å². The van der Waals surface area contributed by atoms with E-state index >= 15 is 0 Å². The summed E-state index contributed by atoms with van der Waals surface area (Å²) >= 11 is 1.16. The van der Waals surface area contributed by atoms with Gasteiger partial charge < -0.3 is 15.7 Å². The normalized spacial score (nSPS) is 10.8. The van der Waals surface area contributed by atoms with Crippen molar-refractivity contribution in [3.8, 4) is 0 Å². The number of rotatable bonds is 4. The van der Waals surface area contributed by atoms with Gasteiger partial charge in [0.2, 0.25) is 5.78 Å². The zero-order valence-corrected chi connectivity index (χ0v) is 12.5. The molecule has 0 saturated carbocycles. The number of nitrogens with one attached hydrogen (secondary N) is 1. The van der Waals surface area contributed by atoms with E-state index in [0.717, 1.165) is 17.6 Å². The molecule has 7 heteroatoms. The molecule has 1 aromatic carbocycles. The maximum Gasteiger partial charge on any atom is 0.266 e. The highest BCUT2D eigenvalue weighted by atomic mass is 32.1. The Morgan fingerprint density at radius 1 is 1.32 bits per heavy atom. The largest absolute Gasteiger partial charge is 0.364 e. The maximum atomic E-state index is 12.4. The van der Waals surface area contributed by atoms with Crippen molar-refractivity contribution in [2.24, 2.45) is 12.8 Å². The molecule has 0 aliphatic heterocycles. The zero-order chi connectivity index (χ0) is 15.9. The highest BCUT2D eigenvalue weighted by molar-refractivity contribution is 7.20. The maximum absolute atomic E-state index is 12.4. The number of aryl methyl sites for hydroxylation is 1. The van der Waals surface area contributed by atoms with Gasteiger partial charge in [-0.25, -0.2) is 4.98 Å². The van der Waals surface area contributed by atoms with Gasteiger partial charge in [-0.3, -0.25) is 9.59 Å². The molecule has 0 spiro atoms. The van der Waals surface area contributed by atoms with Crippen LogP contribution in [0.25, 0.3) is 10.3 Å². The van der Waals surface area contributed by atoms with E-state index in [4.69, 9.17) is 11.1 Å². The van der Waals surface area contributed by atoms with Crippen molar-refractivity contribution in [1.29, 1.82) is 5.41 Å². The van der Waals surface area contributed by atoms with Gasteiger partial charge in [-0.2, -0.15) is 0 Å². The summed E-state index contributed by atoms with van der Waals surface area (Å²) < 4.78 is 2.14. The molecule has 0 aliphatic rings. The second-order valence-corrected chi connectivity index (χ2v) is 5.70. The van der Waals surface area contributed by atoms with Crippen molar-refractivity contribution < 1.29 is 9.59 Å². The number of hydrogen-bond donors (Lipinski definition) is 2. The average Bonchev–Trinajstić information content (AvgIpc) is 3.06. The van der Waals surface area contributed by atoms with E-state index in [1.807, 2.05) is 6.07 Å². The molecule has 0 aliphatic carbocycles. The number of carbonyl (C=O) groups excluding carboxylic acids is 2. The highest BCUT2D eigenvalue weighted by Crippen LogP contribution is 2.30. The average molecular weight is 312 g/mol. The minimum Gasteiger partial charge on any atom is -0.364 e. The van der Waals surface area contributed by atoms with Gasteiger partial charge in [-0.15, -0.1) is 11.3 Å². The van der Waals surface area contributed by atoms with Gasteiger partial charge in [0, 0.05) is 24.4 Å². The van der Waals surface area contributed by atoms with Crippen molar-refractivity contribution in [2.75, 3.05) is 0 Å². The molecule has 0 atom stereocenters. The Morgan fingerprint density at radius 3 is 2.59 bits per heavy atom. The van der Waals surface area contributed by atoms with Crippen LogP contribution in [-0.4, -0.2) is 27.5 Å². The third-order valence-electron chi connectivity index (χ3n) is 3.37. The zero-order valence-electron chi connectivity index (χ0n) is 11.7. The Bertz CT molecular complexity index is 909. The molecule has 3 N–H and O–H groups in total. The predicted octanol–water partition coefficient (Wildman–Crippen LogP) is 1.96. The number of benzene rings is 1. The number of nitrogens with two attached hydrogens (primary N) is 1. The smallest absolute Gasteiger partial charge is 0.266 e. The number of nitrogens with zero attached hydrogens (tertiary/aromatic N) is 2. The molecule has 0 fully saturated rings. The minimum atomic E-state index is -0.623. The third kappa shape index (κ3) is 2.03. The number of aromatic nitrogens is 2. The number of fused-ring (bicyclic) bond motifs is 1. The topological polar surface area (TPSA) is 102 Å². The van der Waals surface area contributed by atoms with Crippen LogP contribution >= 0.6 is 11.3 Å². The lowest BCUT2D eigenvalue weighted by atomic mass is 10.1. The summed E-state index contributed by atoms with van der Waals surface area (Å²) in [6.07, 6.45) is 1.07. The third-order valence-corrected chi connectivity index (χ3v) is 4.45. The van der Waals surface area contributed by atoms with Crippen LogP contribution in [0.4, 0.5) is 0 Å². The molecule has 0 saturated heterocycles. The molecule has 1 amide bonds. The number of primary amides is 1. The molecule has 0 bridgehead atoms. The van der Waals surface area contributed by atoms with Crippen molar-refractivity contribution in [2.45, 2.75) is 0 Å². The number of carbonyl (C=O) groups is 2. The van der Waals surface area contributed by atoms with Crippen LogP contribution < -0.4 is 5.73 Å². The molecule has 0 radical (unpaired) electrons. The molecule has 2 aromatic heterocycles. The number of amides is 1. The summed E-state index contributed by atoms with van der Waals surface area (Å²) in [4.78, 5) is 28.3. The fourth-order valence-electron chi connectivity index (χ4n) is 2.35. The molecule has 3 aromatic rings. The number of ketones is 1. The van der Waals surface area contributed by atoms with E-state index in [2.05, 4.69) is 4.98 Å². The van der Waals surface area contributed by atoms with Gasteiger partial charge in [0.15, 0.2) is 10.7 Å². The second-order valence-electron chi connectivity index (χ2n) is 4.70. The van der Waals surface area contributed by atoms with Crippen LogP contribution in [0.5, 0.6) is 0 Å². The van der Waals surface area contributed by atoms with E-state index in [9.17, 15) is 9.59 Å². The van der Waals surface area contributed by atoms with Crippen molar-refractivity contribution in [3.63, 3.8) is 0 Å². The summed E-state index contributed by atoms with van der Waals surface area (Å²) in [7, 11) is 1.64. The Hall–Kier alpha value is -2.80. The minimum absolute atomic E-state index is 0.182. The lowest BCUT2D eigenvalue weighted by Crippen LogP contribution is -2.17. The number of thiazole rings is 1. The standard InChI is InChI=1S/C15H12N4O2S/c1-19-10(13(17)21)9(7-16)12-14(19)18-15(22-12)11(20)8-5-3-2-4-6-8/h2-7,16H,1H3,(H2,17,21). The predicted molar refractivity (Wildman–Crippen MR) is 84.9 cm³/mol. The van der Waals surface area contributed by atoms with Crippen LogP contribution in [0.15, 0.2) is 30.3 Å². The molecule has 110 valence electrons. The molecule has 3 rings (SSSR count). The van der Waals surface area contributed by atoms with E-state index in [1.165, 1.54) is 4.57 Å². The first-order valence-electron chi connectivity index (χ1n) is 6.43. The Kier molecular flexibility index (Phi) is 3.34. The Balaban J connectivity index is 2.18. The summed E-state index contributed by atoms with van der Waals surface area (Å²) in [5, 5.41) is 7.83. The van der Waals surface area contributed by atoms with E-state index in [0.29, 0.717) is 26.5 Å². The van der Waals surface area contributed by atoms with Gasteiger partial charge in [0.1, 0.15) is 5.69 Å². The quantitative estimate of drug-likeness (QED) is 0.568. The van der Waals surface area contributed by atoms with Gasteiger partial charge in [0.05, 0.1) is 4.70 Å². The first kappa shape index (κ1) is 14.2. The lowest BCUT2D eigenvalue weighted by Gasteiger charge is -2.00. The SMILES string of the molecule is Cn1c(C(N)=O)c(C=N)c2sc(C(=O)c3ccccc3)nc21. The molecule has 0 unspecified atom stereocenters. The van der Waals surface area contributed by atoms with E-state index in [1.54, 1.807) is 31.3 Å². The lowest BCUT2D eigenvalue weighted by molar-refractivity contribution is 0.0991. The summed E-state index contributed by atoms with van der Waals surface area (Å²) in [6, 6.07) is 8.85. The highest BCUT2D eigenvalue weighted by Gasteiger charge is 2.23. The molecular weight excluding hydrogens is 300 g/mol.